The second-order valence-electron chi connectivity index (χ2n) is 9.39. The van der Waals surface area contributed by atoms with Crippen LogP contribution in [0, 0.1) is 5.82 Å². The number of rotatable bonds is 7. The minimum Gasteiger partial charge on any atom is -0.493 e. The van der Waals surface area contributed by atoms with Gasteiger partial charge in [0.05, 0.1) is 31.8 Å². The Balaban J connectivity index is 1.81. The highest BCUT2D eigenvalue weighted by molar-refractivity contribution is 6.31. The molecule has 0 aromatic heterocycles. The van der Waals surface area contributed by atoms with Gasteiger partial charge >= 0.3 is 5.97 Å². The lowest BCUT2D eigenvalue weighted by molar-refractivity contribution is -0.144. The number of hydrogen-bond donors (Lipinski definition) is 1. The Hall–Kier alpha value is -3.32. The van der Waals surface area contributed by atoms with Crippen molar-refractivity contribution in [1.82, 2.24) is 5.32 Å². The molecule has 37 heavy (non-hydrogen) atoms. The molecule has 0 fully saturated rings. The van der Waals surface area contributed by atoms with Crippen molar-refractivity contribution in [2.75, 3.05) is 14.2 Å². The third-order valence-corrected chi connectivity index (χ3v) is 7.43. The van der Waals surface area contributed by atoms with E-state index in [1.165, 1.54) is 12.1 Å². The first-order valence-electron chi connectivity index (χ1n) is 12.3. The molecule has 0 amide bonds. The number of ketones is 1. The molecule has 0 saturated carbocycles. The van der Waals surface area contributed by atoms with Gasteiger partial charge in [-0.2, -0.15) is 0 Å². The van der Waals surface area contributed by atoms with Crippen LogP contribution in [0.25, 0.3) is 0 Å². The molecular weight excluding hydrogens is 497 g/mol. The SMILES string of the molecule is CC[C@@H](C)OC(=O)C1=C(C)NC2=C(C(=O)C[C@H](c3ccc(OC)c(OC)c3)C2)[C@H]1c1c(F)cccc1Cl. The minimum absolute atomic E-state index is 0.103. The molecule has 2 aliphatic rings. The number of halogens is 2. The van der Waals surface area contributed by atoms with Crippen molar-refractivity contribution in [1.29, 1.82) is 0 Å². The first-order valence-corrected chi connectivity index (χ1v) is 12.7. The number of ether oxygens (including phenoxy) is 3. The van der Waals surface area contributed by atoms with Crippen LogP contribution in [0.1, 0.15) is 63.0 Å². The van der Waals surface area contributed by atoms with Gasteiger partial charge in [0.1, 0.15) is 5.82 Å². The summed E-state index contributed by atoms with van der Waals surface area (Å²) in [5.41, 5.74) is 2.74. The molecule has 1 heterocycles. The van der Waals surface area contributed by atoms with E-state index in [2.05, 4.69) is 5.32 Å². The standard InChI is InChI=1S/C29H31ClFNO5/c1-6-15(2)37-29(34)25-16(3)32-21-12-18(17-10-11-23(35-4)24(14-17)36-5)13-22(33)27(21)28(25)26-19(30)8-7-9-20(26)31/h7-11,14-15,18,28,32H,6,12-13H2,1-5H3/t15-,18-,28-/m1/s1. The van der Waals surface area contributed by atoms with Crippen LogP contribution >= 0.6 is 11.6 Å². The van der Waals surface area contributed by atoms with Crippen LogP contribution in [-0.4, -0.2) is 32.1 Å². The van der Waals surface area contributed by atoms with Gasteiger partial charge in [-0.25, -0.2) is 9.18 Å². The Morgan fingerprint density at radius 1 is 1.16 bits per heavy atom. The number of carbonyl (C=O) groups excluding carboxylic acids is 2. The average Bonchev–Trinajstić information content (AvgIpc) is 2.87. The highest BCUT2D eigenvalue weighted by Crippen LogP contribution is 2.48. The fourth-order valence-electron chi connectivity index (χ4n) is 5.06. The fourth-order valence-corrected chi connectivity index (χ4v) is 5.33. The highest BCUT2D eigenvalue weighted by atomic mass is 35.5. The summed E-state index contributed by atoms with van der Waals surface area (Å²) in [6.07, 6.45) is 0.961. The minimum atomic E-state index is -0.972. The van der Waals surface area contributed by atoms with Crippen molar-refractivity contribution in [2.45, 2.75) is 58.0 Å². The third-order valence-electron chi connectivity index (χ3n) is 7.10. The molecule has 3 atom stereocenters. The maximum absolute atomic E-state index is 15.3. The molecule has 2 aromatic carbocycles. The van der Waals surface area contributed by atoms with E-state index in [-0.39, 0.29) is 40.4 Å². The third kappa shape index (κ3) is 5.10. The lowest BCUT2D eigenvalue weighted by atomic mass is 9.71. The predicted molar refractivity (Wildman–Crippen MR) is 139 cm³/mol. The van der Waals surface area contributed by atoms with Gasteiger partial charge in [-0.3, -0.25) is 4.79 Å². The number of allylic oxidation sites excluding steroid dienone is 3. The van der Waals surface area contributed by atoms with Gasteiger partial charge in [-0.05, 0) is 62.4 Å². The Morgan fingerprint density at radius 2 is 1.89 bits per heavy atom. The zero-order valence-corrected chi connectivity index (χ0v) is 22.4. The molecular formula is C29H31ClFNO5. The van der Waals surface area contributed by atoms with Gasteiger partial charge in [-0.1, -0.05) is 30.7 Å². The molecule has 1 aliphatic heterocycles. The number of methoxy groups -OCH3 is 2. The van der Waals surface area contributed by atoms with Gasteiger partial charge in [-0.15, -0.1) is 0 Å². The molecule has 1 N–H and O–H groups in total. The molecule has 4 rings (SSSR count). The van der Waals surface area contributed by atoms with E-state index in [1.54, 1.807) is 34.1 Å². The van der Waals surface area contributed by atoms with Crippen molar-refractivity contribution < 1.29 is 28.2 Å². The molecule has 0 radical (unpaired) electrons. The summed E-state index contributed by atoms with van der Waals surface area (Å²) in [4.78, 5) is 27.1. The van der Waals surface area contributed by atoms with E-state index in [0.29, 0.717) is 41.3 Å². The number of dihydropyridines is 1. The topological polar surface area (TPSA) is 73.9 Å². The largest absolute Gasteiger partial charge is 0.493 e. The van der Waals surface area contributed by atoms with Crippen LogP contribution < -0.4 is 14.8 Å². The monoisotopic (exact) mass is 527 g/mol. The van der Waals surface area contributed by atoms with Crippen molar-refractivity contribution >= 4 is 23.4 Å². The zero-order chi connectivity index (χ0) is 26.9. The number of nitrogens with one attached hydrogen (secondary N) is 1. The van der Waals surface area contributed by atoms with Crippen molar-refractivity contribution in [3.8, 4) is 11.5 Å². The quantitative estimate of drug-likeness (QED) is 0.432. The Bertz CT molecular complexity index is 1280. The molecule has 196 valence electrons. The average molecular weight is 528 g/mol. The highest BCUT2D eigenvalue weighted by Gasteiger charge is 2.43. The lowest BCUT2D eigenvalue weighted by Crippen LogP contribution is -2.37. The van der Waals surface area contributed by atoms with E-state index >= 15 is 4.39 Å². The van der Waals surface area contributed by atoms with Gasteiger partial charge < -0.3 is 19.5 Å². The van der Waals surface area contributed by atoms with Crippen LogP contribution in [0.3, 0.4) is 0 Å². The summed E-state index contributed by atoms with van der Waals surface area (Å²) in [6.45, 7) is 5.44. The molecule has 0 unspecified atom stereocenters. The van der Waals surface area contributed by atoms with E-state index in [4.69, 9.17) is 25.8 Å². The van der Waals surface area contributed by atoms with E-state index in [1.807, 2.05) is 25.1 Å². The van der Waals surface area contributed by atoms with Gasteiger partial charge in [0.15, 0.2) is 17.3 Å². The second kappa shape index (κ2) is 11.0. The number of esters is 1. The van der Waals surface area contributed by atoms with Crippen LogP contribution in [0.15, 0.2) is 58.9 Å². The number of Topliss-reactive ketones (excluding diaryl/α,β-unsaturated/α-hetero) is 1. The van der Waals surface area contributed by atoms with Crippen molar-refractivity contribution in [3.63, 3.8) is 0 Å². The van der Waals surface area contributed by atoms with E-state index in [9.17, 15) is 9.59 Å². The molecule has 0 bridgehead atoms. The smallest absolute Gasteiger partial charge is 0.337 e. The zero-order valence-electron chi connectivity index (χ0n) is 21.6. The molecule has 8 heteroatoms. The molecule has 1 aliphatic carbocycles. The second-order valence-corrected chi connectivity index (χ2v) is 9.80. The Morgan fingerprint density at radius 3 is 2.54 bits per heavy atom. The van der Waals surface area contributed by atoms with Crippen LogP contribution in [-0.2, 0) is 14.3 Å². The first-order chi connectivity index (χ1) is 17.7. The first kappa shape index (κ1) is 26.7. The normalized spacial score (nSPS) is 20.2. The number of benzene rings is 2. The maximum atomic E-state index is 15.3. The summed E-state index contributed by atoms with van der Waals surface area (Å²) >= 11 is 6.48. The van der Waals surface area contributed by atoms with Crippen molar-refractivity contribution in [2.24, 2.45) is 0 Å². The summed E-state index contributed by atoms with van der Waals surface area (Å²) in [5.74, 6) is -1.29. The predicted octanol–water partition coefficient (Wildman–Crippen LogP) is 6.20. The Kier molecular flexibility index (Phi) is 7.93. The Labute approximate surface area is 221 Å². The number of carbonyl (C=O) groups is 2. The summed E-state index contributed by atoms with van der Waals surface area (Å²) in [5, 5.41) is 3.42. The number of hydrogen-bond acceptors (Lipinski definition) is 6. The fraction of sp³-hybridized carbons (Fsp3) is 0.379. The molecule has 6 nitrogen and oxygen atoms in total. The van der Waals surface area contributed by atoms with E-state index < -0.39 is 17.7 Å². The molecule has 0 spiro atoms. The van der Waals surface area contributed by atoms with Crippen LogP contribution in [0.2, 0.25) is 5.02 Å². The maximum Gasteiger partial charge on any atom is 0.337 e. The van der Waals surface area contributed by atoms with Crippen LogP contribution in [0.5, 0.6) is 11.5 Å². The molecule has 2 aromatic rings. The van der Waals surface area contributed by atoms with E-state index in [0.717, 1.165) is 5.56 Å². The lowest BCUT2D eigenvalue weighted by Gasteiger charge is -2.37. The summed E-state index contributed by atoms with van der Waals surface area (Å²) in [6, 6.07) is 9.95. The molecule has 0 saturated heterocycles. The van der Waals surface area contributed by atoms with Gasteiger partial charge in [0.2, 0.25) is 0 Å². The van der Waals surface area contributed by atoms with Crippen molar-refractivity contribution in [3.05, 3.63) is 80.9 Å². The summed E-state index contributed by atoms with van der Waals surface area (Å²) < 4.78 is 31.7. The van der Waals surface area contributed by atoms with Gasteiger partial charge in [0, 0.05) is 34.0 Å². The van der Waals surface area contributed by atoms with Gasteiger partial charge in [0.25, 0.3) is 0 Å². The van der Waals surface area contributed by atoms with Crippen LogP contribution in [0.4, 0.5) is 4.39 Å². The summed E-state index contributed by atoms with van der Waals surface area (Å²) in [7, 11) is 3.13.